The summed E-state index contributed by atoms with van der Waals surface area (Å²) in [5.41, 5.74) is 2.27. The van der Waals surface area contributed by atoms with Gasteiger partial charge in [0.25, 0.3) is 0 Å². The average molecular weight is 262 g/mol. The molecule has 1 rings (SSSR count). The molecule has 0 aliphatic rings. The molecule has 0 atom stereocenters. The first-order chi connectivity index (χ1) is 9.21. The first-order valence-corrected chi connectivity index (χ1v) is 5.26. The van der Waals surface area contributed by atoms with Crippen LogP contribution < -0.4 is 10.2 Å². The van der Waals surface area contributed by atoms with Crippen LogP contribution in [-0.2, 0) is 4.74 Å². The van der Waals surface area contributed by atoms with Crippen molar-refractivity contribution in [3.05, 3.63) is 24.0 Å². The van der Waals surface area contributed by atoms with Crippen LogP contribution in [0.1, 0.15) is 0 Å². The molecule has 0 amide bonds. The van der Waals surface area contributed by atoms with Crippen LogP contribution in [0.2, 0.25) is 0 Å². The maximum Gasteiger partial charge on any atom is 0.237 e. The van der Waals surface area contributed by atoms with E-state index >= 15 is 0 Å². The van der Waals surface area contributed by atoms with Crippen LogP contribution in [-0.4, -0.2) is 26.0 Å². The summed E-state index contributed by atoms with van der Waals surface area (Å²) in [6.45, 7) is 0.658. The Kier molecular flexibility index (Phi) is 5.80. The van der Waals surface area contributed by atoms with Crippen molar-refractivity contribution in [2.24, 2.45) is 5.10 Å². The van der Waals surface area contributed by atoms with Gasteiger partial charge >= 0.3 is 0 Å². The zero-order chi connectivity index (χ0) is 14.1. The van der Waals surface area contributed by atoms with E-state index in [2.05, 4.69) is 10.5 Å². The Morgan fingerprint density at radius 2 is 2.11 bits per heavy atom. The van der Waals surface area contributed by atoms with Crippen LogP contribution in [0, 0.1) is 28.5 Å². The molecular formula is C12H11FN4O2. The van der Waals surface area contributed by atoms with Crippen LogP contribution in [0.25, 0.3) is 0 Å². The summed E-state index contributed by atoms with van der Waals surface area (Å²) in [6, 6.07) is 6.96. The second-order valence-electron chi connectivity index (χ2n) is 3.28. The van der Waals surface area contributed by atoms with Gasteiger partial charge in [-0.2, -0.15) is 15.6 Å². The van der Waals surface area contributed by atoms with Gasteiger partial charge in [-0.1, -0.05) is 0 Å². The molecule has 0 aromatic heterocycles. The third kappa shape index (κ3) is 4.62. The van der Waals surface area contributed by atoms with Crippen LogP contribution in [0.15, 0.2) is 23.3 Å². The lowest BCUT2D eigenvalue weighted by molar-refractivity contribution is 0.146. The Morgan fingerprint density at radius 3 is 2.74 bits per heavy atom. The molecule has 0 spiro atoms. The van der Waals surface area contributed by atoms with Gasteiger partial charge in [-0.05, 0) is 12.1 Å². The number of nitrogens with one attached hydrogen (secondary N) is 1. The highest BCUT2D eigenvalue weighted by Crippen LogP contribution is 2.25. The Hall–Kier alpha value is -2.64. The molecule has 6 nitrogen and oxygen atoms in total. The summed E-state index contributed by atoms with van der Waals surface area (Å²) in [5.74, 6) is -0.148. The summed E-state index contributed by atoms with van der Waals surface area (Å²) in [5, 5.41) is 20.6. The molecule has 0 saturated heterocycles. The molecule has 0 unspecified atom stereocenters. The van der Waals surface area contributed by atoms with E-state index in [9.17, 15) is 4.39 Å². The molecule has 19 heavy (non-hydrogen) atoms. The van der Waals surface area contributed by atoms with Gasteiger partial charge in [-0.25, -0.2) is 4.39 Å². The van der Waals surface area contributed by atoms with Crippen LogP contribution in [0.4, 0.5) is 10.1 Å². The zero-order valence-corrected chi connectivity index (χ0v) is 10.2. The second-order valence-corrected chi connectivity index (χ2v) is 3.28. The van der Waals surface area contributed by atoms with Gasteiger partial charge in [0.05, 0.1) is 6.61 Å². The number of nitriles is 2. The van der Waals surface area contributed by atoms with Crippen molar-refractivity contribution >= 4 is 11.4 Å². The summed E-state index contributed by atoms with van der Waals surface area (Å²) in [6.07, 6.45) is 0. The molecule has 0 saturated carbocycles. The fourth-order valence-electron chi connectivity index (χ4n) is 1.14. The number of methoxy groups -OCH3 is 1. The Labute approximate surface area is 109 Å². The minimum Gasteiger partial charge on any atom is -0.489 e. The Morgan fingerprint density at radius 1 is 1.37 bits per heavy atom. The van der Waals surface area contributed by atoms with Crippen molar-refractivity contribution in [1.82, 2.24) is 0 Å². The van der Waals surface area contributed by atoms with E-state index in [1.165, 1.54) is 19.2 Å². The number of benzene rings is 1. The molecule has 0 heterocycles. The minimum absolute atomic E-state index is 0.221. The zero-order valence-electron chi connectivity index (χ0n) is 10.2. The highest BCUT2D eigenvalue weighted by molar-refractivity contribution is 6.10. The Balaban J connectivity index is 2.86. The topological polar surface area (TPSA) is 90.4 Å². The van der Waals surface area contributed by atoms with Gasteiger partial charge in [0.2, 0.25) is 5.71 Å². The van der Waals surface area contributed by atoms with E-state index in [0.29, 0.717) is 12.4 Å². The molecule has 0 aliphatic heterocycles. The predicted octanol–water partition coefficient (Wildman–Crippen LogP) is 1.67. The van der Waals surface area contributed by atoms with E-state index in [1.807, 2.05) is 0 Å². The average Bonchev–Trinajstić information content (AvgIpc) is 2.42. The van der Waals surface area contributed by atoms with Crippen molar-refractivity contribution in [1.29, 1.82) is 10.5 Å². The van der Waals surface area contributed by atoms with Crippen LogP contribution in [0.5, 0.6) is 5.75 Å². The highest BCUT2D eigenvalue weighted by Gasteiger charge is 2.05. The van der Waals surface area contributed by atoms with Crippen LogP contribution in [0.3, 0.4) is 0 Å². The monoisotopic (exact) mass is 262 g/mol. The predicted molar refractivity (Wildman–Crippen MR) is 66.1 cm³/mol. The highest BCUT2D eigenvalue weighted by atomic mass is 19.1. The van der Waals surface area contributed by atoms with Gasteiger partial charge < -0.3 is 9.47 Å². The third-order valence-corrected chi connectivity index (χ3v) is 1.99. The standard InChI is InChI=1S/C12H11FN4O2/c1-18-4-5-19-12-3-2-9(13)6-11(12)17-16-10(7-14)8-15/h2-3,6,17H,4-5H2,1H3. The quantitative estimate of drug-likeness (QED) is 0.478. The van der Waals surface area contributed by atoms with Gasteiger partial charge in [-0.3, -0.25) is 5.43 Å². The lowest BCUT2D eigenvalue weighted by Crippen LogP contribution is -2.06. The smallest absolute Gasteiger partial charge is 0.237 e. The molecule has 98 valence electrons. The number of nitrogens with zero attached hydrogens (tertiary/aromatic N) is 3. The Bertz CT molecular complexity index is 530. The largest absolute Gasteiger partial charge is 0.489 e. The lowest BCUT2D eigenvalue weighted by Gasteiger charge is -2.10. The summed E-state index contributed by atoms with van der Waals surface area (Å²) >= 11 is 0. The molecule has 1 aromatic rings. The number of hydrogen-bond acceptors (Lipinski definition) is 6. The first kappa shape index (κ1) is 14.4. The van der Waals surface area contributed by atoms with Gasteiger partial charge in [0.1, 0.15) is 36.0 Å². The minimum atomic E-state index is -0.493. The van der Waals surface area contributed by atoms with Crippen molar-refractivity contribution < 1.29 is 13.9 Å². The number of anilines is 1. The molecule has 1 aromatic carbocycles. The molecule has 0 aliphatic carbocycles. The normalized spacial score (nSPS) is 9.05. The molecule has 7 heteroatoms. The molecule has 0 fully saturated rings. The number of rotatable bonds is 6. The van der Waals surface area contributed by atoms with Gasteiger partial charge in [0, 0.05) is 13.2 Å². The van der Waals surface area contributed by atoms with E-state index in [-0.39, 0.29) is 18.0 Å². The van der Waals surface area contributed by atoms with Crippen molar-refractivity contribution in [2.45, 2.75) is 0 Å². The fraction of sp³-hybridized carbons (Fsp3) is 0.250. The second kappa shape index (κ2) is 7.64. The van der Waals surface area contributed by atoms with Crippen molar-refractivity contribution in [2.75, 3.05) is 25.7 Å². The van der Waals surface area contributed by atoms with E-state index in [4.69, 9.17) is 20.0 Å². The number of hydrazone groups is 1. The maximum absolute atomic E-state index is 13.1. The molecule has 0 bridgehead atoms. The number of ether oxygens (including phenoxy) is 2. The van der Waals surface area contributed by atoms with E-state index in [1.54, 1.807) is 12.1 Å². The fourth-order valence-corrected chi connectivity index (χ4v) is 1.14. The number of hydrogen-bond donors (Lipinski definition) is 1. The SMILES string of the molecule is COCCOc1ccc(F)cc1NN=C(C#N)C#N. The van der Waals surface area contributed by atoms with E-state index in [0.717, 1.165) is 6.07 Å². The summed E-state index contributed by atoms with van der Waals surface area (Å²) < 4.78 is 23.3. The summed E-state index contributed by atoms with van der Waals surface area (Å²) in [7, 11) is 1.53. The van der Waals surface area contributed by atoms with Gasteiger partial charge in [0.15, 0.2) is 0 Å². The molecule has 1 N–H and O–H groups in total. The summed E-state index contributed by atoms with van der Waals surface area (Å²) in [4.78, 5) is 0. The maximum atomic E-state index is 13.1. The van der Waals surface area contributed by atoms with Crippen molar-refractivity contribution in [3.8, 4) is 17.9 Å². The lowest BCUT2D eigenvalue weighted by atomic mass is 10.3. The van der Waals surface area contributed by atoms with Gasteiger partial charge in [-0.15, -0.1) is 0 Å². The van der Waals surface area contributed by atoms with Crippen molar-refractivity contribution in [3.63, 3.8) is 0 Å². The first-order valence-electron chi connectivity index (χ1n) is 5.26. The number of halogens is 1. The molecular weight excluding hydrogens is 251 g/mol. The third-order valence-electron chi connectivity index (χ3n) is 1.99. The van der Waals surface area contributed by atoms with E-state index < -0.39 is 5.82 Å². The molecule has 0 radical (unpaired) electrons. The van der Waals surface area contributed by atoms with Crippen LogP contribution >= 0.6 is 0 Å².